The zero-order valence-electron chi connectivity index (χ0n) is 12.2. The molecule has 1 aromatic carbocycles. The third-order valence-electron chi connectivity index (χ3n) is 4.11. The van der Waals surface area contributed by atoms with Crippen molar-refractivity contribution in [3.05, 3.63) is 36.1 Å². The molecule has 1 aliphatic rings. The number of hydrogen-bond donors (Lipinski definition) is 1. The lowest BCUT2D eigenvalue weighted by atomic mass is 9.96. The molecule has 1 aliphatic heterocycles. The van der Waals surface area contributed by atoms with E-state index >= 15 is 0 Å². The highest BCUT2D eigenvalue weighted by Crippen LogP contribution is 2.24. The molecular weight excluding hydrogens is 288 g/mol. The first kappa shape index (κ1) is 15.9. The summed E-state index contributed by atoms with van der Waals surface area (Å²) in [6, 6.07) is 7.70. The van der Waals surface area contributed by atoms with E-state index in [1.54, 1.807) is 6.26 Å². The van der Waals surface area contributed by atoms with E-state index in [1.165, 1.54) is 0 Å². The van der Waals surface area contributed by atoms with E-state index in [1.807, 2.05) is 36.2 Å². The van der Waals surface area contributed by atoms with Crippen molar-refractivity contribution in [1.29, 1.82) is 0 Å². The maximum absolute atomic E-state index is 12.6. The lowest BCUT2D eigenvalue weighted by Crippen LogP contribution is -2.40. The molecule has 1 amide bonds. The van der Waals surface area contributed by atoms with E-state index in [0.717, 1.165) is 43.4 Å². The number of para-hydroxylation sites is 1. The van der Waals surface area contributed by atoms with Crippen molar-refractivity contribution in [2.75, 3.05) is 26.7 Å². The van der Waals surface area contributed by atoms with Gasteiger partial charge in [0.2, 0.25) is 0 Å². The standard InChI is InChI=1S/C16H20N2O2.ClH/c1-17-10-12-6-8-18(9-7-12)16(19)14-11-20-15-5-3-2-4-13(14)15;/h2-5,11-12,17H,6-10H2,1H3;1H. The Morgan fingerprint density at radius 2 is 2.05 bits per heavy atom. The number of nitrogens with one attached hydrogen (secondary N) is 1. The van der Waals surface area contributed by atoms with Crippen molar-refractivity contribution in [2.45, 2.75) is 12.8 Å². The fraction of sp³-hybridized carbons (Fsp3) is 0.438. The van der Waals surface area contributed by atoms with Crippen molar-refractivity contribution in [2.24, 2.45) is 5.92 Å². The molecule has 2 aromatic rings. The number of halogens is 1. The molecule has 0 aliphatic carbocycles. The van der Waals surface area contributed by atoms with Crippen LogP contribution in [-0.4, -0.2) is 37.5 Å². The Kier molecular flexibility index (Phi) is 5.26. The van der Waals surface area contributed by atoms with E-state index in [4.69, 9.17) is 4.42 Å². The largest absolute Gasteiger partial charge is 0.463 e. The number of amides is 1. The number of fused-ring (bicyclic) bond motifs is 1. The van der Waals surface area contributed by atoms with Gasteiger partial charge < -0.3 is 14.6 Å². The van der Waals surface area contributed by atoms with Crippen LogP contribution in [-0.2, 0) is 0 Å². The number of likely N-dealkylation sites (tertiary alicyclic amines) is 1. The van der Waals surface area contributed by atoms with Gasteiger partial charge in [-0.3, -0.25) is 4.79 Å². The summed E-state index contributed by atoms with van der Waals surface area (Å²) in [6.07, 6.45) is 3.73. The van der Waals surface area contributed by atoms with Crippen LogP contribution < -0.4 is 5.32 Å². The first-order valence-corrected chi connectivity index (χ1v) is 7.19. The van der Waals surface area contributed by atoms with Crippen LogP contribution in [0.1, 0.15) is 23.2 Å². The van der Waals surface area contributed by atoms with Crippen LogP contribution in [0, 0.1) is 5.92 Å². The maximum atomic E-state index is 12.6. The number of furan rings is 1. The minimum atomic E-state index is 0. The molecule has 0 radical (unpaired) electrons. The molecule has 0 unspecified atom stereocenters. The molecule has 0 saturated carbocycles. The molecule has 2 heterocycles. The van der Waals surface area contributed by atoms with Crippen LogP contribution in [0.25, 0.3) is 11.0 Å². The van der Waals surface area contributed by atoms with Gasteiger partial charge in [0.05, 0.1) is 5.56 Å². The van der Waals surface area contributed by atoms with Gasteiger partial charge in [0.1, 0.15) is 11.8 Å². The Labute approximate surface area is 130 Å². The average molecular weight is 309 g/mol. The summed E-state index contributed by atoms with van der Waals surface area (Å²) >= 11 is 0. The van der Waals surface area contributed by atoms with Gasteiger partial charge in [0.15, 0.2) is 0 Å². The summed E-state index contributed by atoms with van der Waals surface area (Å²) in [6.45, 7) is 2.71. The van der Waals surface area contributed by atoms with E-state index in [9.17, 15) is 4.79 Å². The van der Waals surface area contributed by atoms with Gasteiger partial charge in [-0.2, -0.15) is 0 Å². The van der Waals surface area contributed by atoms with Crippen molar-refractivity contribution < 1.29 is 9.21 Å². The molecule has 0 bridgehead atoms. The second-order valence-corrected chi connectivity index (χ2v) is 5.44. The first-order valence-electron chi connectivity index (χ1n) is 7.19. The smallest absolute Gasteiger partial charge is 0.257 e. The zero-order valence-corrected chi connectivity index (χ0v) is 13.0. The fourth-order valence-corrected chi connectivity index (χ4v) is 2.94. The van der Waals surface area contributed by atoms with E-state index in [0.29, 0.717) is 11.5 Å². The second-order valence-electron chi connectivity index (χ2n) is 5.44. The molecular formula is C16H21ClN2O2. The minimum absolute atomic E-state index is 0. The molecule has 114 valence electrons. The predicted molar refractivity (Wildman–Crippen MR) is 86.0 cm³/mol. The predicted octanol–water partition coefficient (Wildman–Crippen LogP) is 2.93. The molecule has 1 aromatic heterocycles. The number of carbonyl (C=O) groups is 1. The SMILES string of the molecule is CNCC1CCN(C(=O)c2coc3ccccc23)CC1.Cl. The molecule has 0 spiro atoms. The van der Waals surface area contributed by atoms with Gasteiger partial charge >= 0.3 is 0 Å². The highest BCUT2D eigenvalue weighted by molar-refractivity contribution is 6.05. The second kappa shape index (κ2) is 6.96. The van der Waals surface area contributed by atoms with Crippen LogP contribution in [0.5, 0.6) is 0 Å². The minimum Gasteiger partial charge on any atom is -0.463 e. The quantitative estimate of drug-likeness (QED) is 0.948. The van der Waals surface area contributed by atoms with Gasteiger partial charge in [0.25, 0.3) is 5.91 Å². The Hall–Kier alpha value is -1.52. The summed E-state index contributed by atoms with van der Waals surface area (Å²) in [5, 5.41) is 4.13. The van der Waals surface area contributed by atoms with Crippen LogP contribution in [0.15, 0.2) is 34.9 Å². The summed E-state index contributed by atoms with van der Waals surface area (Å²) < 4.78 is 5.46. The first-order chi connectivity index (χ1) is 9.79. The maximum Gasteiger partial charge on any atom is 0.257 e. The molecule has 1 fully saturated rings. The lowest BCUT2D eigenvalue weighted by Gasteiger charge is -2.31. The molecule has 21 heavy (non-hydrogen) atoms. The van der Waals surface area contributed by atoms with Gasteiger partial charge in [0, 0.05) is 18.5 Å². The van der Waals surface area contributed by atoms with E-state index in [2.05, 4.69) is 5.32 Å². The van der Waals surface area contributed by atoms with Gasteiger partial charge in [-0.15, -0.1) is 12.4 Å². The van der Waals surface area contributed by atoms with Crippen molar-refractivity contribution in [1.82, 2.24) is 10.2 Å². The van der Waals surface area contributed by atoms with Crippen LogP contribution in [0.3, 0.4) is 0 Å². The fourth-order valence-electron chi connectivity index (χ4n) is 2.94. The molecule has 3 rings (SSSR count). The highest BCUT2D eigenvalue weighted by Gasteiger charge is 2.25. The van der Waals surface area contributed by atoms with E-state index in [-0.39, 0.29) is 18.3 Å². The number of hydrogen-bond acceptors (Lipinski definition) is 3. The summed E-state index contributed by atoms with van der Waals surface area (Å²) in [5.41, 5.74) is 1.47. The Morgan fingerprint density at radius 3 is 2.76 bits per heavy atom. The zero-order chi connectivity index (χ0) is 13.9. The Morgan fingerprint density at radius 1 is 1.33 bits per heavy atom. The Bertz CT molecular complexity index is 603. The van der Waals surface area contributed by atoms with Crippen molar-refractivity contribution in [3.8, 4) is 0 Å². The van der Waals surface area contributed by atoms with Gasteiger partial charge in [-0.05, 0) is 38.4 Å². The topological polar surface area (TPSA) is 45.5 Å². The molecule has 1 saturated heterocycles. The molecule has 0 atom stereocenters. The summed E-state index contributed by atoms with van der Waals surface area (Å²) in [5.74, 6) is 0.781. The van der Waals surface area contributed by atoms with Crippen LogP contribution in [0.2, 0.25) is 0 Å². The molecule has 1 N–H and O–H groups in total. The average Bonchev–Trinajstić information content (AvgIpc) is 2.92. The van der Waals surface area contributed by atoms with Crippen molar-refractivity contribution >= 4 is 29.3 Å². The van der Waals surface area contributed by atoms with Crippen molar-refractivity contribution in [3.63, 3.8) is 0 Å². The number of piperidine rings is 1. The number of carbonyl (C=O) groups excluding carboxylic acids is 1. The molecule has 5 heteroatoms. The van der Waals surface area contributed by atoms with Gasteiger partial charge in [-0.1, -0.05) is 18.2 Å². The van der Waals surface area contributed by atoms with Crippen LogP contribution >= 0.6 is 12.4 Å². The normalized spacial score (nSPS) is 16.0. The monoisotopic (exact) mass is 308 g/mol. The highest BCUT2D eigenvalue weighted by atomic mass is 35.5. The van der Waals surface area contributed by atoms with Gasteiger partial charge in [-0.25, -0.2) is 0 Å². The lowest BCUT2D eigenvalue weighted by molar-refractivity contribution is 0.0692. The summed E-state index contributed by atoms with van der Waals surface area (Å²) in [4.78, 5) is 14.5. The number of benzene rings is 1. The number of rotatable bonds is 3. The summed E-state index contributed by atoms with van der Waals surface area (Å²) in [7, 11) is 1.98. The van der Waals surface area contributed by atoms with E-state index < -0.39 is 0 Å². The Balaban J connectivity index is 0.00000161. The third-order valence-corrected chi connectivity index (χ3v) is 4.11. The number of nitrogens with zero attached hydrogens (tertiary/aromatic N) is 1. The third kappa shape index (κ3) is 3.22. The van der Waals surface area contributed by atoms with Crippen LogP contribution in [0.4, 0.5) is 0 Å². The molecule has 4 nitrogen and oxygen atoms in total.